The molecule has 1 aromatic rings. The lowest BCUT2D eigenvalue weighted by Crippen LogP contribution is -2.26. The van der Waals surface area contributed by atoms with Gasteiger partial charge in [-0.2, -0.15) is 5.10 Å². The summed E-state index contributed by atoms with van der Waals surface area (Å²) in [6, 6.07) is 9.96. The first-order valence-electron chi connectivity index (χ1n) is 4.79. The molecule has 0 aliphatic carbocycles. The van der Waals surface area contributed by atoms with E-state index in [0.29, 0.717) is 5.92 Å². The molecule has 0 heterocycles. The molecule has 0 radical (unpaired) electrons. The highest BCUT2D eigenvalue weighted by molar-refractivity contribution is 7.80. The molecule has 0 aliphatic heterocycles. The van der Waals surface area contributed by atoms with Gasteiger partial charge in [-0.15, -0.1) is 0 Å². The zero-order valence-corrected chi connectivity index (χ0v) is 9.71. The summed E-state index contributed by atoms with van der Waals surface area (Å²) in [6.07, 6.45) is 0. The lowest BCUT2D eigenvalue weighted by molar-refractivity contribution is 0.860. The first kappa shape index (κ1) is 11.7. The Morgan fingerprint density at radius 2 is 1.93 bits per heavy atom. The Bertz CT molecular complexity index is 357. The van der Waals surface area contributed by atoms with Gasteiger partial charge in [0.25, 0.3) is 0 Å². The van der Waals surface area contributed by atoms with Gasteiger partial charge in [0, 0.05) is 0 Å². The highest BCUT2D eigenvalue weighted by Crippen LogP contribution is 2.08. The quantitative estimate of drug-likeness (QED) is 0.465. The molecule has 1 aromatic carbocycles. The van der Waals surface area contributed by atoms with Gasteiger partial charge < -0.3 is 5.73 Å². The van der Waals surface area contributed by atoms with Crippen LogP contribution in [0, 0.1) is 5.92 Å². The zero-order chi connectivity index (χ0) is 11.3. The van der Waals surface area contributed by atoms with Crippen LogP contribution in [0.1, 0.15) is 19.4 Å². The smallest absolute Gasteiger partial charge is 0.184 e. The van der Waals surface area contributed by atoms with Gasteiger partial charge in [0.15, 0.2) is 5.11 Å². The molecule has 3 N–H and O–H groups in total. The third kappa shape index (κ3) is 3.67. The summed E-state index contributed by atoms with van der Waals surface area (Å²) in [6.45, 7) is 4.15. The first-order valence-corrected chi connectivity index (χ1v) is 5.20. The molecule has 0 aliphatic rings. The SMILES string of the molecule is CC(C)/C(=N/NC(N)=S)c1ccccc1. The standard InChI is InChI=1S/C11H15N3S/c1-8(2)10(13-14-11(12)15)9-6-4-3-5-7-9/h3-8H,1-2H3,(H3,12,14,15)/b13-10-. The van der Waals surface area contributed by atoms with Crippen LogP contribution >= 0.6 is 12.2 Å². The summed E-state index contributed by atoms with van der Waals surface area (Å²) < 4.78 is 0. The van der Waals surface area contributed by atoms with E-state index in [1.165, 1.54) is 0 Å². The highest BCUT2D eigenvalue weighted by Gasteiger charge is 2.07. The lowest BCUT2D eigenvalue weighted by Gasteiger charge is -2.10. The number of hydrogen-bond acceptors (Lipinski definition) is 2. The molecule has 1 rings (SSSR count). The maximum absolute atomic E-state index is 5.33. The van der Waals surface area contributed by atoms with Crippen molar-refractivity contribution in [2.45, 2.75) is 13.8 Å². The van der Waals surface area contributed by atoms with Crippen LogP contribution in [0.3, 0.4) is 0 Å². The Kier molecular flexibility index (Phi) is 4.24. The highest BCUT2D eigenvalue weighted by atomic mass is 32.1. The van der Waals surface area contributed by atoms with Crippen LogP contribution in [0.25, 0.3) is 0 Å². The van der Waals surface area contributed by atoms with Crippen molar-refractivity contribution in [1.29, 1.82) is 0 Å². The number of nitrogens with two attached hydrogens (primary N) is 1. The van der Waals surface area contributed by atoms with Crippen LogP contribution in [0.5, 0.6) is 0 Å². The molecule has 0 unspecified atom stereocenters. The van der Waals surface area contributed by atoms with E-state index in [-0.39, 0.29) is 5.11 Å². The van der Waals surface area contributed by atoms with Gasteiger partial charge in [-0.25, -0.2) is 0 Å². The molecule has 0 bridgehead atoms. The Labute approximate surface area is 95.4 Å². The molecule has 0 spiro atoms. The van der Waals surface area contributed by atoms with Crippen LogP contribution in [0.2, 0.25) is 0 Å². The molecule has 0 fully saturated rings. The average molecular weight is 221 g/mol. The Morgan fingerprint density at radius 3 is 2.40 bits per heavy atom. The molecule has 0 aromatic heterocycles. The van der Waals surface area contributed by atoms with Crippen molar-refractivity contribution in [3.05, 3.63) is 35.9 Å². The van der Waals surface area contributed by atoms with E-state index in [1.807, 2.05) is 30.3 Å². The van der Waals surface area contributed by atoms with Crippen molar-refractivity contribution in [1.82, 2.24) is 5.43 Å². The van der Waals surface area contributed by atoms with E-state index in [9.17, 15) is 0 Å². The largest absolute Gasteiger partial charge is 0.375 e. The summed E-state index contributed by atoms with van der Waals surface area (Å²) in [5.41, 5.74) is 9.98. The Hall–Kier alpha value is -1.42. The summed E-state index contributed by atoms with van der Waals surface area (Å²) in [7, 11) is 0. The zero-order valence-electron chi connectivity index (χ0n) is 8.90. The molecular weight excluding hydrogens is 206 g/mol. The Morgan fingerprint density at radius 1 is 1.33 bits per heavy atom. The van der Waals surface area contributed by atoms with Crippen LogP contribution in [0.15, 0.2) is 35.4 Å². The average Bonchev–Trinajstić information content (AvgIpc) is 2.18. The summed E-state index contributed by atoms with van der Waals surface area (Å²) in [5, 5.41) is 4.38. The van der Waals surface area contributed by atoms with Gasteiger partial charge in [0.2, 0.25) is 0 Å². The third-order valence-electron chi connectivity index (χ3n) is 1.90. The molecule has 15 heavy (non-hydrogen) atoms. The minimum absolute atomic E-state index is 0.184. The van der Waals surface area contributed by atoms with E-state index in [1.54, 1.807) is 0 Å². The summed E-state index contributed by atoms with van der Waals surface area (Å²) >= 11 is 4.71. The molecule has 0 saturated carbocycles. The number of benzene rings is 1. The third-order valence-corrected chi connectivity index (χ3v) is 1.99. The number of nitrogens with zero attached hydrogens (tertiary/aromatic N) is 1. The van der Waals surface area contributed by atoms with Gasteiger partial charge >= 0.3 is 0 Å². The second-order valence-corrected chi connectivity index (χ2v) is 3.93. The van der Waals surface area contributed by atoms with Crippen molar-refractivity contribution in [2.75, 3.05) is 0 Å². The van der Waals surface area contributed by atoms with Gasteiger partial charge in [0.05, 0.1) is 5.71 Å². The number of hydrazone groups is 1. The van der Waals surface area contributed by atoms with Crippen molar-refractivity contribution in [3.63, 3.8) is 0 Å². The maximum atomic E-state index is 5.33. The fourth-order valence-corrected chi connectivity index (χ4v) is 1.30. The number of thiocarbonyl (C=S) groups is 1. The van der Waals surface area contributed by atoms with Gasteiger partial charge in [-0.3, -0.25) is 5.43 Å². The molecule has 0 amide bonds. The van der Waals surface area contributed by atoms with E-state index in [4.69, 9.17) is 18.0 Å². The van der Waals surface area contributed by atoms with Crippen molar-refractivity contribution >= 4 is 23.0 Å². The van der Waals surface area contributed by atoms with Crippen molar-refractivity contribution < 1.29 is 0 Å². The molecule has 0 saturated heterocycles. The van der Waals surface area contributed by atoms with Crippen molar-refractivity contribution in [2.24, 2.45) is 16.8 Å². The molecule has 3 nitrogen and oxygen atoms in total. The second kappa shape index (κ2) is 5.46. The lowest BCUT2D eigenvalue weighted by atomic mass is 10.0. The number of nitrogens with one attached hydrogen (secondary N) is 1. The molecule has 80 valence electrons. The van der Waals surface area contributed by atoms with E-state index < -0.39 is 0 Å². The number of rotatable bonds is 3. The van der Waals surface area contributed by atoms with E-state index in [0.717, 1.165) is 11.3 Å². The second-order valence-electron chi connectivity index (χ2n) is 3.49. The number of hydrogen-bond donors (Lipinski definition) is 2. The van der Waals surface area contributed by atoms with E-state index in [2.05, 4.69) is 24.4 Å². The fourth-order valence-electron chi connectivity index (χ4n) is 1.25. The maximum Gasteiger partial charge on any atom is 0.184 e. The van der Waals surface area contributed by atoms with Crippen molar-refractivity contribution in [3.8, 4) is 0 Å². The van der Waals surface area contributed by atoms with Crippen LogP contribution in [-0.2, 0) is 0 Å². The van der Waals surface area contributed by atoms with Crippen LogP contribution < -0.4 is 11.2 Å². The minimum atomic E-state index is 0.184. The molecule has 0 atom stereocenters. The normalized spacial score (nSPS) is 11.5. The monoisotopic (exact) mass is 221 g/mol. The van der Waals surface area contributed by atoms with Crippen LogP contribution in [-0.4, -0.2) is 10.8 Å². The predicted octanol–water partition coefficient (Wildman–Crippen LogP) is 1.88. The fraction of sp³-hybridized carbons (Fsp3) is 0.273. The summed E-state index contributed by atoms with van der Waals surface area (Å²) in [5.74, 6) is 0.314. The Balaban J connectivity index is 2.93. The minimum Gasteiger partial charge on any atom is -0.375 e. The van der Waals surface area contributed by atoms with Gasteiger partial charge in [-0.05, 0) is 23.7 Å². The summed E-state index contributed by atoms with van der Waals surface area (Å²) in [4.78, 5) is 0. The van der Waals surface area contributed by atoms with Gasteiger partial charge in [-0.1, -0.05) is 44.2 Å². The van der Waals surface area contributed by atoms with Crippen LogP contribution in [0.4, 0.5) is 0 Å². The molecular formula is C11H15N3S. The first-order chi connectivity index (χ1) is 7.11. The van der Waals surface area contributed by atoms with E-state index >= 15 is 0 Å². The molecule has 4 heteroatoms. The predicted molar refractivity (Wildman–Crippen MR) is 67.7 cm³/mol. The topological polar surface area (TPSA) is 50.4 Å². The van der Waals surface area contributed by atoms with Gasteiger partial charge in [0.1, 0.15) is 0 Å².